The summed E-state index contributed by atoms with van der Waals surface area (Å²) in [5, 5.41) is 2.98. The minimum atomic E-state index is 0.0330. The molecule has 2 N–H and O–H groups in total. The van der Waals surface area contributed by atoms with Gasteiger partial charge in [0.1, 0.15) is 6.54 Å². The van der Waals surface area contributed by atoms with Gasteiger partial charge < -0.3 is 10.2 Å². The molecule has 0 bridgehead atoms. The maximum atomic E-state index is 12.1. The van der Waals surface area contributed by atoms with Gasteiger partial charge in [0.2, 0.25) is 5.91 Å². The predicted octanol–water partition coefficient (Wildman–Crippen LogP) is 2.44. The summed E-state index contributed by atoms with van der Waals surface area (Å²) in [5.41, 5.74) is 3.27. The predicted molar refractivity (Wildman–Crippen MR) is 93.5 cm³/mol. The lowest BCUT2D eigenvalue weighted by Gasteiger charge is -2.23. The van der Waals surface area contributed by atoms with Crippen LogP contribution >= 0.6 is 0 Å². The number of anilines is 1. The molecule has 1 heterocycles. The van der Waals surface area contributed by atoms with Gasteiger partial charge in [-0.1, -0.05) is 42.5 Å². The van der Waals surface area contributed by atoms with E-state index >= 15 is 0 Å². The molecule has 1 saturated heterocycles. The molecule has 0 saturated carbocycles. The molecule has 120 valence electrons. The van der Waals surface area contributed by atoms with Crippen molar-refractivity contribution in [1.82, 2.24) is 0 Å². The number of nitrogens with one attached hydrogen (secondary N) is 2. The van der Waals surface area contributed by atoms with Crippen LogP contribution in [0.15, 0.2) is 54.6 Å². The van der Waals surface area contributed by atoms with Crippen LogP contribution < -0.4 is 10.2 Å². The molecule has 0 aliphatic carbocycles. The lowest BCUT2D eigenvalue weighted by molar-refractivity contribution is -0.918. The summed E-state index contributed by atoms with van der Waals surface area (Å²) in [6, 6.07) is 18.1. The summed E-state index contributed by atoms with van der Waals surface area (Å²) in [6.07, 6.45) is 4.50. The van der Waals surface area contributed by atoms with Crippen molar-refractivity contribution in [3.05, 3.63) is 65.7 Å². The zero-order valence-electron chi connectivity index (χ0n) is 13.6. The Labute approximate surface area is 138 Å². The molecule has 1 aliphatic rings. The number of carbonyl (C=O) groups excluding carboxylic acids is 1. The standard InChI is InChI=1S/C20H24N2O/c23-20(15-17-7-3-1-4-8-17)21-19-11-9-18(10-12-19)16-22-13-5-2-6-14-22/h1,3-4,7-12H,2,5-6,13-16H2,(H,21,23)/p+1. The molecule has 2 aromatic carbocycles. The third-order valence-corrected chi connectivity index (χ3v) is 4.46. The first-order chi connectivity index (χ1) is 11.3. The third-order valence-electron chi connectivity index (χ3n) is 4.46. The van der Waals surface area contributed by atoms with Gasteiger partial charge in [0.25, 0.3) is 0 Å². The van der Waals surface area contributed by atoms with Gasteiger partial charge in [-0.2, -0.15) is 0 Å². The fourth-order valence-corrected chi connectivity index (χ4v) is 3.21. The van der Waals surface area contributed by atoms with Gasteiger partial charge in [0, 0.05) is 11.3 Å². The molecule has 0 radical (unpaired) electrons. The Morgan fingerprint density at radius 2 is 1.57 bits per heavy atom. The van der Waals surface area contributed by atoms with Gasteiger partial charge in [-0.05, 0) is 37.0 Å². The van der Waals surface area contributed by atoms with E-state index in [1.807, 2.05) is 42.5 Å². The fourth-order valence-electron chi connectivity index (χ4n) is 3.21. The first-order valence-corrected chi connectivity index (χ1v) is 8.56. The summed E-state index contributed by atoms with van der Waals surface area (Å²) >= 11 is 0. The number of piperidine rings is 1. The quantitative estimate of drug-likeness (QED) is 0.874. The molecule has 0 aromatic heterocycles. The summed E-state index contributed by atoms with van der Waals surface area (Å²) in [6.45, 7) is 3.67. The molecule has 3 nitrogen and oxygen atoms in total. The molecule has 1 amide bonds. The van der Waals surface area contributed by atoms with E-state index in [1.165, 1.54) is 37.9 Å². The van der Waals surface area contributed by atoms with Crippen LogP contribution in [-0.2, 0) is 17.8 Å². The molecular weight excluding hydrogens is 284 g/mol. The lowest BCUT2D eigenvalue weighted by atomic mass is 10.1. The van der Waals surface area contributed by atoms with Gasteiger partial charge in [-0.25, -0.2) is 0 Å². The van der Waals surface area contributed by atoms with Gasteiger partial charge in [0.05, 0.1) is 19.5 Å². The second-order valence-electron chi connectivity index (χ2n) is 6.39. The van der Waals surface area contributed by atoms with Crippen LogP contribution in [0.25, 0.3) is 0 Å². The van der Waals surface area contributed by atoms with Crippen molar-refractivity contribution < 1.29 is 9.69 Å². The van der Waals surface area contributed by atoms with Crippen molar-refractivity contribution >= 4 is 11.6 Å². The second-order valence-corrected chi connectivity index (χ2v) is 6.39. The van der Waals surface area contributed by atoms with Gasteiger partial charge >= 0.3 is 0 Å². The Balaban J connectivity index is 1.51. The highest BCUT2D eigenvalue weighted by atomic mass is 16.1. The summed E-state index contributed by atoms with van der Waals surface area (Å²) in [5.74, 6) is 0.0330. The number of benzene rings is 2. The molecule has 1 fully saturated rings. The highest BCUT2D eigenvalue weighted by Crippen LogP contribution is 2.10. The highest BCUT2D eigenvalue weighted by Gasteiger charge is 2.13. The van der Waals surface area contributed by atoms with Crippen LogP contribution in [0.3, 0.4) is 0 Å². The summed E-state index contributed by atoms with van der Waals surface area (Å²) < 4.78 is 0. The molecule has 2 aromatic rings. The third kappa shape index (κ3) is 4.93. The Morgan fingerprint density at radius 3 is 2.26 bits per heavy atom. The number of likely N-dealkylation sites (tertiary alicyclic amines) is 1. The average Bonchev–Trinajstić information content (AvgIpc) is 2.58. The van der Waals surface area contributed by atoms with Crippen LogP contribution in [0.5, 0.6) is 0 Å². The average molecular weight is 309 g/mol. The number of hydrogen-bond acceptors (Lipinski definition) is 1. The largest absolute Gasteiger partial charge is 0.331 e. The van der Waals surface area contributed by atoms with Crippen LogP contribution in [0.2, 0.25) is 0 Å². The van der Waals surface area contributed by atoms with Gasteiger partial charge in [0.15, 0.2) is 0 Å². The SMILES string of the molecule is O=C(Cc1ccccc1)Nc1ccc(C[NH+]2CCCCC2)cc1. The van der Waals surface area contributed by atoms with Crippen molar-refractivity contribution in [3.63, 3.8) is 0 Å². The molecule has 0 unspecified atom stereocenters. The lowest BCUT2D eigenvalue weighted by Crippen LogP contribution is -3.11. The van der Waals surface area contributed by atoms with E-state index in [0.29, 0.717) is 6.42 Å². The Bertz CT molecular complexity index is 616. The maximum absolute atomic E-state index is 12.1. The highest BCUT2D eigenvalue weighted by molar-refractivity contribution is 5.92. The Kier molecular flexibility index (Phi) is 5.43. The zero-order chi connectivity index (χ0) is 15.9. The van der Waals surface area contributed by atoms with E-state index in [0.717, 1.165) is 17.8 Å². The van der Waals surface area contributed by atoms with Crippen molar-refractivity contribution in [2.24, 2.45) is 0 Å². The van der Waals surface area contributed by atoms with E-state index in [2.05, 4.69) is 17.4 Å². The Morgan fingerprint density at radius 1 is 0.870 bits per heavy atom. The first-order valence-electron chi connectivity index (χ1n) is 8.56. The summed E-state index contributed by atoms with van der Waals surface area (Å²) in [7, 11) is 0. The van der Waals surface area contributed by atoms with E-state index in [1.54, 1.807) is 4.90 Å². The van der Waals surface area contributed by atoms with Crippen LogP contribution in [0.4, 0.5) is 5.69 Å². The topological polar surface area (TPSA) is 33.5 Å². The molecule has 1 aliphatic heterocycles. The van der Waals surface area contributed by atoms with E-state index < -0.39 is 0 Å². The fraction of sp³-hybridized carbons (Fsp3) is 0.350. The Hall–Kier alpha value is -2.13. The minimum Gasteiger partial charge on any atom is -0.331 e. The second kappa shape index (κ2) is 7.93. The molecule has 0 atom stereocenters. The number of quaternary nitrogens is 1. The first kappa shape index (κ1) is 15.8. The number of rotatable bonds is 5. The van der Waals surface area contributed by atoms with Crippen molar-refractivity contribution in [1.29, 1.82) is 0 Å². The molecular formula is C20H25N2O+. The van der Waals surface area contributed by atoms with E-state index in [4.69, 9.17) is 0 Å². The van der Waals surface area contributed by atoms with Crippen molar-refractivity contribution in [2.45, 2.75) is 32.2 Å². The van der Waals surface area contributed by atoms with Crippen molar-refractivity contribution in [3.8, 4) is 0 Å². The minimum absolute atomic E-state index is 0.0330. The molecule has 23 heavy (non-hydrogen) atoms. The molecule has 3 rings (SSSR count). The van der Waals surface area contributed by atoms with Crippen molar-refractivity contribution in [2.75, 3.05) is 18.4 Å². The monoisotopic (exact) mass is 309 g/mol. The zero-order valence-corrected chi connectivity index (χ0v) is 13.6. The van der Waals surface area contributed by atoms with E-state index in [9.17, 15) is 4.79 Å². The van der Waals surface area contributed by atoms with Crippen LogP contribution in [-0.4, -0.2) is 19.0 Å². The smallest absolute Gasteiger partial charge is 0.228 e. The summed E-state index contributed by atoms with van der Waals surface area (Å²) in [4.78, 5) is 13.7. The number of hydrogen-bond donors (Lipinski definition) is 2. The number of carbonyl (C=O) groups is 1. The molecule has 0 spiro atoms. The maximum Gasteiger partial charge on any atom is 0.228 e. The van der Waals surface area contributed by atoms with Crippen LogP contribution in [0, 0.1) is 0 Å². The van der Waals surface area contributed by atoms with Crippen LogP contribution in [0.1, 0.15) is 30.4 Å². The van der Waals surface area contributed by atoms with Gasteiger partial charge in [-0.15, -0.1) is 0 Å². The molecule has 3 heteroatoms. The van der Waals surface area contributed by atoms with E-state index in [-0.39, 0.29) is 5.91 Å². The normalized spacial score (nSPS) is 15.3. The number of amides is 1. The van der Waals surface area contributed by atoms with Gasteiger partial charge in [-0.3, -0.25) is 4.79 Å².